The Morgan fingerprint density at radius 1 is 1.48 bits per heavy atom. The van der Waals surface area contributed by atoms with Crippen LogP contribution in [-0.4, -0.2) is 27.6 Å². The highest BCUT2D eigenvalue weighted by atomic mass is 16.3. The molecule has 0 radical (unpaired) electrons. The molecule has 0 fully saturated rings. The molecule has 0 aliphatic carbocycles. The van der Waals surface area contributed by atoms with E-state index in [1.807, 2.05) is 30.7 Å². The molecule has 0 N–H and O–H groups in total. The molecule has 0 bridgehead atoms. The maximum Gasteiger partial charge on any atom is 0.223 e. The highest BCUT2D eigenvalue weighted by Gasteiger charge is 2.15. The molecule has 23 heavy (non-hydrogen) atoms. The van der Waals surface area contributed by atoms with Gasteiger partial charge in [-0.2, -0.15) is 10.4 Å². The smallest absolute Gasteiger partial charge is 0.223 e. The zero-order chi connectivity index (χ0) is 16.8. The Balaban J connectivity index is 1.93. The normalized spacial score (nSPS) is 10.5. The van der Waals surface area contributed by atoms with Gasteiger partial charge in [0.15, 0.2) is 0 Å². The van der Waals surface area contributed by atoms with Crippen LogP contribution in [0.2, 0.25) is 0 Å². The monoisotopic (exact) mass is 314 g/mol. The molecule has 2 aromatic heterocycles. The first-order valence-corrected chi connectivity index (χ1v) is 7.69. The van der Waals surface area contributed by atoms with E-state index in [1.54, 1.807) is 18.2 Å². The number of hydrogen-bond donors (Lipinski definition) is 0. The van der Waals surface area contributed by atoms with Crippen molar-refractivity contribution in [3.05, 3.63) is 41.1 Å². The lowest BCUT2D eigenvalue weighted by molar-refractivity contribution is -0.130. The lowest BCUT2D eigenvalue weighted by Crippen LogP contribution is -2.26. The molecule has 0 aliphatic rings. The number of amides is 1. The molecule has 6 heteroatoms. The first kappa shape index (κ1) is 16.8. The van der Waals surface area contributed by atoms with Crippen molar-refractivity contribution >= 4 is 5.91 Å². The molecule has 0 atom stereocenters. The molecule has 2 aromatic rings. The quantitative estimate of drug-likeness (QED) is 0.787. The summed E-state index contributed by atoms with van der Waals surface area (Å²) in [6.07, 6.45) is 3.14. The molecule has 0 saturated heterocycles. The van der Waals surface area contributed by atoms with Gasteiger partial charge in [0, 0.05) is 19.2 Å². The summed E-state index contributed by atoms with van der Waals surface area (Å²) in [6, 6.07) is 5.80. The van der Waals surface area contributed by atoms with Crippen LogP contribution < -0.4 is 0 Å². The number of rotatable bonds is 7. The minimum Gasteiger partial charge on any atom is -0.467 e. The Morgan fingerprint density at radius 3 is 2.91 bits per heavy atom. The number of aromatic nitrogens is 2. The summed E-state index contributed by atoms with van der Waals surface area (Å²) in [5.41, 5.74) is 3.07. The molecule has 0 aromatic carbocycles. The molecule has 0 aliphatic heterocycles. The van der Waals surface area contributed by atoms with E-state index in [0.717, 1.165) is 22.7 Å². The van der Waals surface area contributed by atoms with Gasteiger partial charge < -0.3 is 9.32 Å². The van der Waals surface area contributed by atoms with E-state index in [1.165, 1.54) is 0 Å². The molecule has 1 amide bonds. The molecule has 0 unspecified atom stereocenters. The fraction of sp³-hybridized carbons (Fsp3) is 0.471. The summed E-state index contributed by atoms with van der Waals surface area (Å²) in [5, 5.41) is 13.1. The van der Waals surface area contributed by atoms with Crippen molar-refractivity contribution in [3.63, 3.8) is 0 Å². The number of hydrogen-bond acceptors (Lipinski definition) is 4. The fourth-order valence-electron chi connectivity index (χ4n) is 2.62. The number of nitrogens with zero attached hydrogens (tertiary/aromatic N) is 4. The van der Waals surface area contributed by atoms with E-state index in [2.05, 4.69) is 11.2 Å². The van der Waals surface area contributed by atoms with E-state index in [4.69, 9.17) is 9.68 Å². The first-order valence-electron chi connectivity index (χ1n) is 7.69. The SMILES string of the molecule is Cc1nn(CCC#N)c(C)c1CCC(=O)N(C)Cc1ccco1. The van der Waals surface area contributed by atoms with Crippen LogP contribution in [0.15, 0.2) is 22.8 Å². The van der Waals surface area contributed by atoms with Gasteiger partial charge >= 0.3 is 0 Å². The maximum atomic E-state index is 12.3. The number of furan rings is 1. The van der Waals surface area contributed by atoms with E-state index < -0.39 is 0 Å². The van der Waals surface area contributed by atoms with Gasteiger partial charge in [-0.1, -0.05) is 0 Å². The Morgan fingerprint density at radius 2 is 2.26 bits per heavy atom. The Labute approximate surface area is 136 Å². The van der Waals surface area contributed by atoms with Gasteiger partial charge in [-0.05, 0) is 38.0 Å². The van der Waals surface area contributed by atoms with Gasteiger partial charge in [0.1, 0.15) is 5.76 Å². The Kier molecular flexibility index (Phi) is 5.58. The van der Waals surface area contributed by atoms with Gasteiger partial charge in [0.05, 0.1) is 37.5 Å². The topological polar surface area (TPSA) is 75.1 Å². The maximum absolute atomic E-state index is 12.3. The Hall–Kier alpha value is -2.55. The largest absolute Gasteiger partial charge is 0.467 e. The molecular formula is C17H22N4O2. The molecule has 2 heterocycles. The van der Waals surface area contributed by atoms with Crippen molar-refractivity contribution in [2.45, 2.75) is 46.2 Å². The van der Waals surface area contributed by atoms with Crippen LogP contribution in [-0.2, 0) is 24.3 Å². The standard InChI is InChI=1S/C17H22N4O2/c1-13-16(14(2)21(19-13)10-5-9-18)7-8-17(22)20(3)12-15-6-4-11-23-15/h4,6,11H,5,7-8,10,12H2,1-3H3. The van der Waals surface area contributed by atoms with Gasteiger partial charge in [0.2, 0.25) is 5.91 Å². The van der Waals surface area contributed by atoms with E-state index in [-0.39, 0.29) is 5.91 Å². The van der Waals surface area contributed by atoms with E-state index >= 15 is 0 Å². The first-order chi connectivity index (χ1) is 11.0. The van der Waals surface area contributed by atoms with Crippen molar-refractivity contribution in [3.8, 4) is 6.07 Å². The van der Waals surface area contributed by atoms with E-state index in [9.17, 15) is 4.79 Å². The van der Waals surface area contributed by atoms with Crippen LogP contribution in [0.25, 0.3) is 0 Å². The summed E-state index contributed by atoms with van der Waals surface area (Å²) in [5.74, 6) is 0.850. The summed E-state index contributed by atoms with van der Waals surface area (Å²) in [4.78, 5) is 13.9. The zero-order valence-electron chi connectivity index (χ0n) is 13.9. The third-order valence-corrected chi connectivity index (χ3v) is 3.95. The summed E-state index contributed by atoms with van der Waals surface area (Å²) < 4.78 is 7.11. The summed E-state index contributed by atoms with van der Waals surface area (Å²) in [7, 11) is 1.78. The summed E-state index contributed by atoms with van der Waals surface area (Å²) in [6.45, 7) is 5.01. The second-order valence-corrected chi connectivity index (χ2v) is 5.61. The van der Waals surface area contributed by atoms with Crippen molar-refractivity contribution in [2.24, 2.45) is 0 Å². The molecule has 0 spiro atoms. The van der Waals surface area contributed by atoms with E-state index in [0.29, 0.717) is 32.4 Å². The zero-order valence-corrected chi connectivity index (χ0v) is 13.9. The van der Waals surface area contributed by atoms with Crippen molar-refractivity contribution in [2.75, 3.05) is 7.05 Å². The minimum absolute atomic E-state index is 0.0741. The Bertz CT molecular complexity index is 695. The van der Waals surface area contributed by atoms with Crippen LogP contribution in [0.4, 0.5) is 0 Å². The average molecular weight is 314 g/mol. The van der Waals surface area contributed by atoms with Crippen LogP contribution in [0.5, 0.6) is 0 Å². The van der Waals surface area contributed by atoms with Crippen LogP contribution in [0.3, 0.4) is 0 Å². The number of carbonyl (C=O) groups excluding carboxylic acids is 1. The second kappa shape index (κ2) is 7.63. The minimum atomic E-state index is 0.0741. The second-order valence-electron chi connectivity index (χ2n) is 5.61. The predicted molar refractivity (Wildman–Crippen MR) is 85.4 cm³/mol. The van der Waals surface area contributed by atoms with Crippen molar-refractivity contribution in [1.29, 1.82) is 5.26 Å². The molecular weight excluding hydrogens is 292 g/mol. The highest BCUT2D eigenvalue weighted by Crippen LogP contribution is 2.16. The van der Waals surface area contributed by atoms with Gasteiger partial charge in [-0.25, -0.2) is 0 Å². The summed E-state index contributed by atoms with van der Waals surface area (Å²) >= 11 is 0. The average Bonchev–Trinajstić information content (AvgIpc) is 3.12. The van der Waals surface area contributed by atoms with Gasteiger partial charge in [-0.15, -0.1) is 0 Å². The molecule has 6 nitrogen and oxygen atoms in total. The van der Waals surface area contributed by atoms with Crippen LogP contribution in [0, 0.1) is 25.2 Å². The van der Waals surface area contributed by atoms with Gasteiger partial charge in [-0.3, -0.25) is 9.48 Å². The van der Waals surface area contributed by atoms with Crippen LogP contribution >= 0.6 is 0 Å². The van der Waals surface area contributed by atoms with Gasteiger partial charge in [0.25, 0.3) is 0 Å². The fourth-order valence-corrected chi connectivity index (χ4v) is 2.62. The number of carbonyl (C=O) groups is 1. The lowest BCUT2D eigenvalue weighted by Gasteiger charge is -2.15. The third-order valence-electron chi connectivity index (χ3n) is 3.95. The molecule has 0 saturated carbocycles. The number of nitriles is 1. The third kappa shape index (κ3) is 4.22. The van der Waals surface area contributed by atoms with Crippen molar-refractivity contribution in [1.82, 2.24) is 14.7 Å². The molecule has 122 valence electrons. The lowest BCUT2D eigenvalue weighted by atomic mass is 10.1. The predicted octanol–water partition coefficient (Wildman–Crippen LogP) is 2.60. The highest BCUT2D eigenvalue weighted by molar-refractivity contribution is 5.76. The number of aryl methyl sites for hydroxylation is 2. The van der Waals surface area contributed by atoms with Crippen molar-refractivity contribution < 1.29 is 9.21 Å². The molecule has 2 rings (SSSR count). The van der Waals surface area contributed by atoms with Crippen LogP contribution in [0.1, 0.15) is 35.6 Å².